The van der Waals surface area contributed by atoms with E-state index in [-0.39, 0.29) is 35.5 Å². The van der Waals surface area contributed by atoms with E-state index in [0.717, 1.165) is 36.6 Å². The standard InChI is InChI=1S/C27H34N4O6/c1-36-22-7-5-6-18-17(22)13-19(29-18)25(34)31-15-27(9-3-4-10-27)14-21(31)24(33)30-20(26(35)37-2)12-16-8-11-28-23(16)32/h5-7,13,16,20-21,29H,3-4,8-12,14-15H2,1-2H3,(H,28,32)(H,30,33). The zero-order chi connectivity index (χ0) is 26.2. The summed E-state index contributed by atoms with van der Waals surface area (Å²) in [6.45, 7) is 1.04. The number of aromatic amines is 1. The summed E-state index contributed by atoms with van der Waals surface area (Å²) < 4.78 is 10.4. The fourth-order valence-corrected chi connectivity index (χ4v) is 6.35. The van der Waals surface area contributed by atoms with E-state index in [1.807, 2.05) is 18.2 Å². The van der Waals surface area contributed by atoms with Crippen molar-refractivity contribution in [2.24, 2.45) is 11.3 Å². The number of rotatable bonds is 7. The zero-order valence-electron chi connectivity index (χ0n) is 21.3. The summed E-state index contributed by atoms with van der Waals surface area (Å²) in [5.41, 5.74) is 1.06. The van der Waals surface area contributed by atoms with E-state index in [1.54, 1.807) is 18.1 Å². The topological polar surface area (TPSA) is 130 Å². The molecular weight excluding hydrogens is 476 g/mol. The van der Waals surface area contributed by atoms with Crippen LogP contribution in [0.5, 0.6) is 5.75 Å². The highest BCUT2D eigenvalue weighted by molar-refractivity contribution is 6.02. The monoisotopic (exact) mass is 510 g/mol. The first kappa shape index (κ1) is 25.1. The van der Waals surface area contributed by atoms with Crippen LogP contribution in [-0.4, -0.2) is 73.0 Å². The second kappa shape index (κ2) is 10.1. The Morgan fingerprint density at radius 3 is 2.68 bits per heavy atom. The van der Waals surface area contributed by atoms with Gasteiger partial charge in [0.15, 0.2) is 0 Å². The largest absolute Gasteiger partial charge is 0.496 e. The van der Waals surface area contributed by atoms with Crippen molar-refractivity contribution in [1.29, 1.82) is 0 Å². The summed E-state index contributed by atoms with van der Waals surface area (Å²) in [5.74, 6) is -1.07. The van der Waals surface area contributed by atoms with Crippen molar-refractivity contribution < 1.29 is 28.7 Å². The number of hydrogen-bond acceptors (Lipinski definition) is 6. The molecule has 1 aliphatic carbocycles. The number of aromatic nitrogens is 1. The molecule has 3 unspecified atom stereocenters. The van der Waals surface area contributed by atoms with Gasteiger partial charge in [0.05, 0.1) is 14.2 Å². The third-order valence-corrected chi connectivity index (χ3v) is 8.30. The molecule has 3 fully saturated rings. The Hall–Kier alpha value is -3.56. The highest BCUT2D eigenvalue weighted by Crippen LogP contribution is 2.48. The molecular formula is C27H34N4O6. The molecule has 2 saturated heterocycles. The van der Waals surface area contributed by atoms with Gasteiger partial charge in [-0.05, 0) is 55.7 Å². The SMILES string of the molecule is COC(=O)C(CC1CCNC1=O)NC(=O)C1CC2(CCCC2)CN1C(=O)c1cc2c(OC)cccc2[nH]1. The number of benzene rings is 1. The Balaban J connectivity index is 1.40. The molecule has 37 heavy (non-hydrogen) atoms. The number of nitrogens with zero attached hydrogens (tertiary/aromatic N) is 1. The molecule has 1 saturated carbocycles. The number of esters is 1. The first-order valence-corrected chi connectivity index (χ1v) is 13.0. The van der Waals surface area contributed by atoms with Gasteiger partial charge in [-0.3, -0.25) is 14.4 Å². The first-order chi connectivity index (χ1) is 17.8. The van der Waals surface area contributed by atoms with Crippen LogP contribution in [0.1, 0.15) is 55.4 Å². The van der Waals surface area contributed by atoms with Crippen LogP contribution in [0.15, 0.2) is 24.3 Å². The van der Waals surface area contributed by atoms with Crippen molar-refractivity contribution in [2.75, 3.05) is 27.3 Å². The Morgan fingerprint density at radius 2 is 2.00 bits per heavy atom. The molecule has 2 aromatic rings. The highest BCUT2D eigenvalue weighted by Gasteiger charge is 2.50. The van der Waals surface area contributed by atoms with Gasteiger partial charge in [-0.25, -0.2) is 4.79 Å². The number of nitrogens with one attached hydrogen (secondary N) is 3. The molecule has 10 nitrogen and oxygen atoms in total. The highest BCUT2D eigenvalue weighted by atomic mass is 16.5. The minimum absolute atomic E-state index is 0.104. The lowest BCUT2D eigenvalue weighted by Gasteiger charge is -2.26. The average Bonchev–Trinajstić information content (AvgIpc) is 3.70. The van der Waals surface area contributed by atoms with Gasteiger partial charge in [-0.1, -0.05) is 18.9 Å². The van der Waals surface area contributed by atoms with E-state index in [0.29, 0.717) is 37.4 Å². The van der Waals surface area contributed by atoms with Gasteiger partial charge in [0.1, 0.15) is 23.5 Å². The third kappa shape index (κ3) is 4.76. The number of methoxy groups -OCH3 is 2. The molecule has 0 bridgehead atoms. The van der Waals surface area contributed by atoms with Gasteiger partial charge < -0.3 is 30.0 Å². The van der Waals surface area contributed by atoms with Crippen LogP contribution in [0, 0.1) is 11.3 Å². The number of hydrogen-bond donors (Lipinski definition) is 3. The Kier molecular flexibility index (Phi) is 6.83. The molecule has 3 heterocycles. The van der Waals surface area contributed by atoms with Gasteiger partial charge in [0.2, 0.25) is 11.8 Å². The summed E-state index contributed by atoms with van der Waals surface area (Å²) in [6.07, 6.45) is 5.38. The van der Waals surface area contributed by atoms with E-state index in [9.17, 15) is 19.2 Å². The van der Waals surface area contributed by atoms with Crippen molar-refractivity contribution in [3.8, 4) is 5.75 Å². The molecule has 198 valence electrons. The van der Waals surface area contributed by atoms with Crippen LogP contribution >= 0.6 is 0 Å². The number of fused-ring (bicyclic) bond motifs is 1. The fourth-order valence-electron chi connectivity index (χ4n) is 6.35. The molecule has 10 heteroatoms. The molecule has 3 atom stereocenters. The van der Waals surface area contributed by atoms with Crippen molar-refractivity contribution >= 4 is 34.6 Å². The lowest BCUT2D eigenvalue weighted by Crippen LogP contribution is -2.51. The third-order valence-electron chi connectivity index (χ3n) is 8.30. The average molecular weight is 511 g/mol. The van der Waals surface area contributed by atoms with Gasteiger partial charge >= 0.3 is 5.97 Å². The van der Waals surface area contributed by atoms with Crippen LogP contribution in [0.25, 0.3) is 10.9 Å². The van der Waals surface area contributed by atoms with Gasteiger partial charge in [-0.15, -0.1) is 0 Å². The van der Waals surface area contributed by atoms with E-state index >= 15 is 0 Å². The number of likely N-dealkylation sites (tertiary alicyclic amines) is 1. The molecule has 3 amide bonds. The molecule has 1 aromatic carbocycles. The van der Waals surface area contributed by atoms with Crippen LogP contribution in [0.2, 0.25) is 0 Å². The molecule has 3 N–H and O–H groups in total. The van der Waals surface area contributed by atoms with E-state index in [1.165, 1.54) is 7.11 Å². The van der Waals surface area contributed by atoms with Crippen LogP contribution < -0.4 is 15.4 Å². The van der Waals surface area contributed by atoms with E-state index in [4.69, 9.17) is 9.47 Å². The Bertz CT molecular complexity index is 1220. The lowest BCUT2D eigenvalue weighted by molar-refractivity contribution is -0.146. The summed E-state index contributed by atoms with van der Waals surface area (Å²) in [6, 6.07) is 5.65. The normalized spacial score (nSPS) is 23.3. The predicted octanol–water partition coefficient (Wildman–Crippen LogP) is 2.14. The van der Waals surface area contributed by atoms with Crippen LogP contribution in [-0.2, 0) is 19.1 Å². The quantitative estimate of drug-likeness (QED) is 0.490. The van der Waals surface area contributed by atoms with Crippen molar-refractivity contribution in [2.45, 2.75) is 57.0 Å². The van der Waals surface area contributed by atoms with Crippen molar-refractivity contribution in [1.82, 2.24) is 20.5 Å². The number of carbonyl (C=O) groups is 4. The number of ether oxygens (including phenoxy) is 2. The predicted molar refractivity (Wildman–Crippen MR) is 135 cm³/mol. The van der Waals surface area contributed by atoms with Crippen LogP contribution in [0.4, 0.5) is 0 Å². The number of H-pyrrole nitrogens is 1. The summed E-state index contributed by atoms with van der Waals surface area (Å²) in [7, 11) is 2.85. The summed E-state index contributed by atoms with van der Waals surface area (Å²) >= 11 is 0. The number of carbonyl (C=O) groups excluding carboxylic acids is 4. The molecule has 3 aliphatic rings. The van der Waals surface area contributed by atoms with Crippen molar-refractivity contribution in [3.63, 3.8) is 0 Å². The zero-order valence-corrected chi connectivity index (χ0v) is 21.3. The van der Waals surface area contributed by atoms with Crippen molar-refractivity contribution in [3.05, 3.63) is 30.0 Å². The minimum Gasteiger partial charge on any atom is -0.496 e. The van der Waals surface area contributed by atoms with Crippen LogP contribution in [0.3, 0.4) is 0 Å². The van der Waals surface area contributed by atoms with E-state index in [2.05, 4.69) is 15.6 Å². The second-order valence-electron chi connectivity index (χ2n) is 10.6. The number of amides is 3. The van der Waals surface area contributed by atoms with Gasteiger partial charge in [-0.2, -0.15) is 0 Å². The van der Waals surface area contributed by atoms with Gasteiger partial charge in [0.25, 0.3) is 5.91 Å². The maximum Gasteiger partial charge on any atom is 0.328 e. The molecule has 1 spiro atoms. The first-order valence-electron chi connectivity index (χ1n) is 13.0. The molecule has 1 aromatic heterocycles. The second-order valence-corrected chi connectivity index (χ2v) is 10.6. The Morgan fingerprint density at radius 1 is 1.22 bits per heavy atom. The molecule has 0 radical (unpaired) electrons. The summed E-state index contributed by atoms with van der Waals surface area (Å²) in [4.78, 5) is 56.9. The summed E-state index contributed by atoms with van der Waals surface area (Å²) in [5, 5.41) is 6.39. The molecule has 2 aliphatic heterocycles. The Labute approximate surface area is 215 Å². The fraction of sp³-hybridized carbons (Fsp3) is 0.556. The minimum atomic E-state index is -0.958. The maximum absolute atomic E-state index is 13.8. The lowest BCUT2D eigenvalue weighted by atomic mass is 9.84. The molecule has 5 rings (SSSR count). The smallest absolute Gasteiger partial charge is 0.328 e. The maximum atomic E-state index is 13.8. The van der Waals surface area contributed by atoms with Gasteiger partial charge in [0, 0.05) is 29.9 Å². The van der Waals surface area contributed by atoms with E-state index < -0.39 is 18.1 Å².